The van der Waals surface area contributed by atoms with Crippen LogP contribution in [0.2, 0.25) is 0 Å². The Bertz CT molecular complexity index is 1840. The molecule has 4 aromatic rings. The second-order valence-corrected chi connectivity index (χ2v) is 10.7. The second kappa shape index (κ2) is 9.73. The zero-order valence-electron chi connectivity index (χ0n) is 22.8. The molecule has 1 heterocycles. The third-order valence-corrected chi connectivity index (χ3v) is 8.77. The summed E-state index contributed by atoms with van der Waals surface area (Å²) < 4.78 is 5.23. The van der Waals surface area contributed by atoms with Gasteiger partial charge in [0.2, 0.25) is 11.8 Å². The van der Waals surface area contributed by atoms with Gasteiger partial charge >= 0.3 is 0 Å². The molecular formula is C33H24N4O6. The van der Waals surface area contributed by atoms with Gasteiger partial charge in [0, 0.05) is 23.8 Å². The Morgan fingerprint density at radius 2 is 1.58 bits per heavy atom. The highest BCUT2D eigenvalue weighted by Gasteiger charge is 2.68. The Balaban J connectivity index is 1.40. The van der Waals surface area contributed by atoms with Crippen molar-refractivity contribution in [3.8, 4) is 5.75 Å². The lowest BCUT2D eigenvalue weighted by Gasteiger charge is -2.52. The predicted molar refractivity (Wildman–Crippen MR) is 157 cm³/mol. The van der Waals surface area contributed by atoms with Crippen molar-refractivity contribution >= 4 is 35.3 Å². The van der Waals surface area contributed by atoms with Gasteiger partial charge < -0.3 is 4.74 Å². The fraction of sp³-hybridized carbons (Fsp3) is 0.152. The number of carbonyl (C=O) groups is 3. The van der Waals surface area contributed by atoms with Crippen molar-refractivity contribution in [3.05, 3.63) is 135 Å². The van der Waals surface area contributed by atoms with Crippen LogP contribution in [0.3, 0.4) is 0 Å². The van der Waals surface area contributed by atoms with Crippen LogP contribution in [0.1, 0.15) is 38.5 Å². The molecule has 10 nitrogen and oxygen atoms in total. The summed E-state index contributed by atoms with van der Waals surface area (Å²) in [6.07, 6.45) is 1.55. The lowest BCUT2D eigenvalue weighted by atomic mass is 9.47. The van der Waals surface area contributed by atoms with Gasteiger partial charge in [0.05, 0.1) is 29.3 Å². The third kappa shape index (κ3) is 3.66. The SMILES string of the molecule is COc1cccc(C(=O)N/N=C\C23c4ccccc4C(c4ccccc42)[C@@H]2C(=O)N(c4ccccc4[N+](=O)[O-])C(=O)[C@@H]23)c1. The van der Waals surface area contributed by atoms with Crippen molar-refractivity contribution in [3.63, 3.8) is 0 Å². The number of carbonyl (C=O) groups excluding carboxylic acids is 3. The van der Waals surface area contributed by atoms with E-state index >= 15 is 0 Å². The number of amides is 3. The number of nitrogens with one attached hydrogen (secondary N) is 1. The van der Waals surface area contributed by atoms with Gasteiger partial charge in [0.15, 0.2) is 0 Å². The van der Waals surface area contributed by atoms with Gasteiger partial charge in [0.25, 0.3) is 11.6 Å². The maximum absolute atomic E-state index is 14.4. The number of para-hydroxylation sites is 2. The number of nitro benzene ring substituents is 1. The van der Waals surface area contributed by atoms with Crippen LogP contribution in [0.5, 0.6) is 5.75 Å². The molecular weight excluding hydrogens is 548 g/mol. The minimum absolute atomic E-state index is 0.0668. The number of imide groups is 1. The molecule has 0 radical (unpaired) electrons. The van der Waals surface area contributed by atoms with Gasteiger partial charge in [-0.3, -0.25) is 24.5 Å². The molecule has 212 valence electrons. The van der Waals surface area contributed by atoms with Crippen LogP contribution in [0.15, 0.2) is 102 Å². The first-order valence-corrected chi connectivity index (χ1v) is 13.7. The van der Waals surface area contributed by atoms with Crippen molar-refractivity contribution in [1.82, 2.24) is 5.43 Å². The minimum atomic E-state index is -1.24. The van der Waals surface area contributed by atoms with E-state index in [0.29, 0.717) is 11.3 Å². The molecule has 4 aromatic carbocycles. The van der Waals surface area contributed by atoms with E-state index in [9.17, 15) is 24.5 Å². The van der Waals surface area contributed by atoms with E-state index in [1.54, 1.807) is 36.5 Å². The zero-order valence-corrected chi connectivity index (χ0v) is 22.8. The molecule has 2 atom stereocenters. The van der Waals surface area contributed by atoms with Crippen LogP contribution in [-0.4, -0.2) is 36.0 Å². The summed E-state index contributed by atoms with van der Waals surface area (Å²) in [5.41, 5.74) is 4.61. The standard InChI is InChI=1S/C33H24N4O6/c1-43-20-10-8-9-19(17-20)30(38)35-34-18-33-23-13-4-2-11-21(23)27(22-12-3-5-14-24(22)33)28-29(33)32(40)36(31(28)39)25-15-6-7-16-26(25)37(41)42/h2-18,27-29H,1H3,(H,35,38)/b34-18-/t27?,28-,29+,33?/m0/s1. The maximum Gasteiger partial charge on any atom is 0.293 e. The average molecular weight is 573 g/mol. The lowest BCUT2D eigenvalue weighted by molar-refractivity contribution is -0.384. The number of hydrogen-bond donors (Lipinski definition) is 1. The number of hydrogen-bond acceptors (Lipinski definition) is 7. The summed E-state index contributed by atoms with van der Waals surface area (Å²) in [6, 6.07) is 27.6. The zero-order chi connectivity index (χ0) is 29.9. The van der Waals surface area contributed by atoms with Crippen LogP contribution >= 0.6 is 0 Å². The first-order valence-electron chi connectivity index (χ1n) is 13.7. The largest absolute Gasteiger partial charge is 0.497 e. The summed E-state index contributed by atoms with van der Waals surface area (Å²) in [6.45, 7) is 0. The summed E-state index contributed by atoms with van der Waals surface area (Å²) in [7, 11) is 1.51. The highest BCUT2D eigenvalue weighted by molar-refractivity contribution is 6.25. The maximum atomic E-state index is 14.4. The van der Waals surface area contributed by atoms with Gasteiger partial charge in [-0.05, 0) is 46.5 Å². The Kier molecular flexibility index (Phi) is 5.94. The van der Waals surface area contributed by atoms with E-state index in [2.05, 4.69) is 10.5 Å². The number of hydrazone groups is 1. The van der Waals surface area contributed by atoms with Gasteiger partial charge in [-0.25, -0.2) is 10.3 Å². The molecule has 4 aliphatic rings. The third-order valence-electron chi connectivity index (χ3n) is 8.77. The molecule has 3 amide bonds. The van der Waals surface area contributed by atoms with Crippen LogP contribution in [-0.2, 0) is 15.0 Å². The number of methoxy groups -OCH3 is 1. The molecule has 0 unspecified atom stereocenters. The Labute approximate surface area is 245 Å². The van der Waals surface area contributed by atoms with Crippen LogP contribution in [0.25, 0.3) is 0 Å². The van der Waals surface area contributed by atoms with Crippen LogP contribution in [0, 0.1) is 22.0 Å². The molecule has 1 fully saturated rings. The summed E-state index contributed by atoms with van der Waals surface area (Å²) in [5, 5.41) is 16.3. The van der Waals surface area contributed by atoms with Crippen LogP contribution < -0.4 is 15.1 Å². The van der Waals surface area contributed by atoms with E-state index < -0.39 is 45.8 Å². The fourth-order valence-electron chi connectivity index (χ4n) is 7.12. The first-order chi connectivity index (χ1) is 20.9. The van der Waals surface area contributed by atoms with Crippen LogP contribution in [0.4, 0.5) is 11.4 Å². The molecule has 0 spiro atoms. The van der Waals surface area contributed by atoms with Gasteiger partial charge in [-0.1, -0.05) is 66.7 Å². The first kappa shape index (κ1) is 26.3. The fourth-order valence-corrected chi connectivity index (χ4v) is 7.12. The Morgan fingerprint density at radius 1 is 0.930 bits per heavy atom. The van der Waals surface area contributed by atoms with Gasteiger partial charge in [-0.15, -0.1) is 0 Å². The molecule has 0 aromatic heterocycles. The number of ether oxygens (including phenoxy) is 1. The molecule has 0 saturated carbocycles. The molecule has 43 heavy (non-hydrogen) atoms. The van der Waals surface area contributed by atoms with Crippen molar-refractivity contribution in [2.75, 3.05) is 12.0 Å². The molecule has 3 aliphatic carbocycles. The molecule has 10 heteroatoms. The summed E-state index contributed by atoms with van der Waals surface area (Å²) in [4.78, 5) is 54.1. The topological polar surface area (TPSA) is 131 Å². The quantitative estimate of drug-likeness (QED) is 0.156. The molecule has 2 bridgehead atoms. The average Bonchev–Trinajstić information content (AvgIpc) is 3.31. The highest BCUT2D eigenvalue weighted by atomic mass is 16.6. The van der Waals surface area contributed by atoms with Crippen molar-refractivity contribution in [1.29, 1.82) is 0 Å². The van der Waals surface area contributed by atoms with E-state index in [0.717, 1.165) is 27.2 Å². The van der Waals surface area contributed by atoms with Gasteiger partial charge in [0.1, 0.15) is 11.4 Å². The number of benzene rings is 4. The number of nitrogens with zero attached hydrogens (tertiary/aromatic N) is 3. The lowest BCUT2D eigenvalue weighted by Crippen LogP contribution is -2.54. The summed E-state index contributed by atoms with van der Waals surface area (Å²) in [5.74, 6) is -3.26. The monoisotopic (exact) mass is 572 g/mol. The predicted octanol–water partition coefficient (Wildman–Crippen LogP) is 4.57. The Hall–Kier alpha value is -5.64. The van der Waals surface area contributed by atoms with Crippen molar-refractivity contribution in [2.24, 2.45) is 16.9 Å². The molecule has 1 N–H and O–H groups in total. The van der Waals surface area contributed by atoms with E-state index in [4.69, 9.17) is 4.74 Å². The van der Waals surface area contributed by atoms with E-state index in [-0.39, 0.29) is 11.4 Å². The molecule has 1 aliphatic heterocycles. The Morgan fingerprint density at radius 3 is 2.26 bits per heavy atom. The van der Waals surface area contributed by atoms with Gasteiger partial charge in [-0.2, -0.15) is 5.10 Å². The van der Waals surface area contributed by atoms with E-state index in [1.807, 2.05) is 48.5 Å². The highest BCUT2D eigenvalue weighted by Crippen LogP contribution is 2.63. The van der Waals surface area contributed by atoms with Crippen molar-refractivity contribution in [2.45, 2.75) is 11.3 Å². The minimum Gasteiger partial charge on any atom is -0.497 e. The number of rotatable bonds is 6. The summed E-state index contributed by atoms with van der Waals surface area (Å²) >= 11 is 0. The molecule has 8 rings (SSSR count). The number of nitro groups is 1. The second-order valence-electron chi connectivity index (χ2n) is 10.7. The molecule has 1 saturated heterocycles. The van der Waals surface area contributed by atoms with E-state index in [1.165, 1.54) is 25.3 Å². The van der Waals surface area contributed by atoms with Crippen molar-refractivity contribution < 1.29 is 24.0 Å². The smallest absolute Gasteiger partial charge is 0.293 e. The number of anilines is 1. The normalized spacial score (nSPS) is 23.1.